The number of benzene rings is 3. The number of unbranched alkanes of at least 4 members (excludes halogenated alkanes) is 1. The maximum absolute atomic E-state index is 14.7. The number of halogens is 5. The molecular formula is C26H21F5. The van der Waals surface area contributed by atoms with Gasteiger partial charge in [-0.1, -0.05) is 38.2 Å². The fraction of sp³-hybridized carbons (Fsp3) is 0.231. The largest absolute Gasteiger partial charge is 0.206 e. The molecule has 0 radical (unpaired) electrons. The Bertz CT molecular complexity index is 1120. The van der Waals surface area contributed by atoms with Gasteiger partial charge in [-0.15, -0.1) is 0 Å². The molecule has 3 aromatic carbocycles. The minimum absolute atomic E-state index is 0.0155. The van der Waals surface area contributed by atoms with Gasteiger partial charge in [0.05, 0.1) is 5.56 Å². The smallest absolute Gasteiger partial charge is 0.194 e. The molecule has 0 aliphatic heterocycles. The van der Waals surface area contributed by atoms with Crippen LogP contribution in [0.1, 0.15) is 48.9 Å². The second-order valence-corrected chi connectivity index (χ2v) is 7.27. The summed E-state index contributed by atoms with van der Waals surface area (Å²) in [7, 11) is 0. The Morgan fingerprint density at radius 1 is 0.710 bits per heavy atom. The van der Waals surface area contributed by atoms with Crippen LogP contribution in [0.5, 0.6) is 0 Å². The summed E-state index contributed by atoms with van der Waals surface area (Å²) < 4.78 is 69.3. The molecule has 0 aliphatic carbocycles. The Hall–Kier alpha value is -3.13. The van der Waals surface area contributed by atoms with Crippen molar-refractivity contribution >= 4 is 0 Å². The Kier molecular flexibility index (Phi) is 7.12. The van der Waals surface area contributed by atoms with E-state index in [1.807, 2.05) is 13.8 Å². The van der Waals surface area contributed by atoms with Crippen LogP contribution >= 0.6 is 0 Å². The zero-order valence-corrected chi connectivity index (χ0v) is 17.3. The summed E-state index contributed by atoms with van der Waals surface area (Å²) in [6.45, 7) is 3.87. The number of aryl methyl sites for hydroxylation is 2. The van der Waals surface area contributed by atoms with Gasteiger partial charge < -0.3 is 0 Å². The number of rotatable bonds is 5. The first-order valence-electron chi connectivity index (χ1n) is 10.1. The van der Waals surface area contributed by atoms with Gasteiger partial charge in [-0.05, 0) is 72.4 Å². The van der Waals surface area contributed by atoms with Gasteiger partial charge >= 0.3 is 0 Å². The topological polar surface area (TPSA) is 0 Å². The van der Waals surface area contributed by atoms with E-state index in [-0.39, 0.29) is 11.1 Å². The molecule has 160 valence electrons. The van der Waals surface area contributed by atoms with Crippen molar-refractivity contribution in [2.24, 2.45) is 0 Å². The summed E-state index contributed by atoms with van der Waals surface area (Å²) in [5.41, 5.74) is 2.15. The third kappa shape index (κ3) is 5.14. The van der Waals surface area contributed by atoms with Gasteiger partial charge in [0.2, 0.25) is 0 Å². The van der Waals surface area contributed by atoms with Gasteiger partial charge in [0.1, 0.15) is 11.6 Å². The summed E-state index contributed by atoms with van der Waals surface area (Å²) in [6.07, 6.45) is 2.91. The van der Waals surface area contributed by atoms with Crippen LogP contribution in [0.25, 0.3) is 11.1 Å². The molecule has 0 fully saturated rings. The highest BCUT2D eigenvalue weighted by Gasteiger charge is 2.16. The molecule has 0 bridgehead atoms. The monoisotopic (exact) mass is 428 g/mol. The van der Waals surface area contributed by atoms with Crippen LogP contribution < -0.4 is 0 Å². The van der Waals surface area contributed by atoms with Crippen LogP contribution in [0.2, 0.25) is 0 Å². The molecule has 0 aromatic heterocycles. The van der Waals surface area contributed by atoms with Crippen molar-refractivity contribution in [2.45, 2.75) is 39.5 Å². The minimum Gasteiger partial charge on any atom is -0.206 e. The molecular weight excluding hydrogens is 407 g/mol. The van der Waals surface area contributed by atoms with Crippen molar-refractivity contribution in [3.05, 3.63) is 93.8 Å². The molecule has 0 unspecified atom stereocenters. The van der Waals surface area contributed by atoms with Crippen LogP contribution in [0, 0.1) is 40.9 Å². The second kappa shape index (κ2) is 9.78. The molecule has 0 spiro atoms. The van der Waals surface area contributed by atoms with E-state index in [9.17, 15) is 22.0 Å². The van der Waals surface area contributed by atoms with E-state index >= 15 is 0 Å². The van der Waals surface area contributed by atoms with E-state index in [1.54, 1.807) is 18.2 Å². The van der Waals surface area contributed by atoms with Crippen LogP contribution in [0.3, 0.4) is 0 Å². The Balaban J connectivity index is 1.97. The zero-order chi connectivity index (χ0) is 22.5. The zero-order valence-electron chi connectivity index (χ0n) is 17.3. The lowest BCUT2D eigenvalue weighted by atomic mass is 9.93. The minimum atomic E-state index is -1.55. The van der Waals surface area contributed by atoms with Gasteiger partial charge in [0.25, 0.3) is 0 Å². The highest BCUT2D eigenvalue weighted by atomic mass is 19.2. The van der Waals surface area contributed by atoms with Crippen molar-refractivity contribution in [1.82, 2.24) is 0 Å². The normalized spacial score (nSPS) is 10.7. The Labute approximate surface area is 178 Å². The molecule has 5 heteroatoms. The SMILES string of the molecule is CCCCc1cc(F)c(-c2ccc(C#Cc3cc(F)c(F)c(F)c3)cc2CC)c(F)c1. The molecule has 0 amide bonds. The molecule has 0 atom stereocenters. The first-order valence-corrected chi connectivity index (χ1v) is 10.1. The van der Waals surface area contributed by atoms with E-state index < -0.39 is 29.1 Å². The van der Waals surface area contributed by atoms with Crippen molar-refractivity contribution in [3.63, 3.8) is 0 Å². The third-order valence-electron chi connectivity index (χ3n) is 5.01. The molecule has 0 nitrogen and oxygen atoms in total. The van der Waals surface area contributed by atoms with E-state index in [4.69, 9.17) is 0 Å². The summed E-state index contributed by atoms with van der Waals surface area (Å²) in [5, 5.41) is 0. The Morgan fingerprint density at radius 3 is 1.90 bits per heavy atom. The molecule has 0 aliphatic rings. The number of hydrogen-bond acceptors (Lipinski definition) is 0. The second-order valence-electron chi connectivity index (χ2n) is 7.27. The molecule has 3 aromatic rings. The van der Waals surface area contributed by atoms with Gasteiger partial charge in [0, 0.05) is 11.1 Å². The van der Waals surface area contributed by atoms with Crippen molar-refractivity contribution in [2.75, 3.05) is 0 Å². The summed E-state index contributed by atoms with van der Waals surface area (Å²) in [4.78, 5) is 0. The van der Waals surface area contributed by atoms with E-state index in [0.717, 1.165) is 25.0 Å². The van der Waals surface area contributed by atoms with Gasteiger partial charge in [0.15, 0.2) is 17.5 Å². The summed E-state index contributed by atoms with van der Waals surface area (Å²) in [6, 6.07) is 9.22. The molecule has 0 saturated carbocycles. The van der Waals surface area contributed by atoms with Crippen LogP contribution in [-0.4, -0.2) is 0 Å². The molecule has 0 heterocycles. The van der Waals surface area contributed by atoms with Crippen molar-refractivity contribution < 1.29 is 22.0 Å². The van der Waals surface area contributed by atoms with Crippen molar-refractivity contribution in [1.29, 1.82) is 0 Å². The maximum Gasteiger partial charge on any atom is 0.194 e. The predicted molar refractivity (Wildman–Crippen MR) is 112 cm³/mol. The fourth-order valence-electron chi connectivity index (χ4n) is 3.39. The summed E-state index contributed by atoms with van der Waals surface area (Å²) in [5.74, 6) is -0.0691. The third-order valence-corrected chi connectivity index (χ3v) is 5.01. The van der Waals surface area contributed by atoms with E-state index in [2.05, 4.69) is 11.8 Å². The molecule has 0 saturated heterocycles. The first kappa shape index (κ1) is 22.6. The molecule has 0 N–H and O–H groups in total. The lowest BCUT2D eigenvalue weighted by molar-refractivity contribution is 0.446. The fourth-order valence-corrected chi connectivity index (χ4v) is 3.39. The van der Waals surface area contributed by atoms with Gasteiger partial charge in [-0.3, -0.25) is 0 Å². The maximum atomic E-state index is 14.7. The van der Waals surface area contributed by atoms with Crippen LogP contribution in [0.4, 0.5) is 22.0 Å². The quantitative estimate of drug-likeness (QED) is 0.226. The average molecular weight is 428 g/mol. The van der Waals surface area contributed by atoms with Gasteiger partial charge in [-0.2, -0.15) is 0 Å². The van der Waals surface area contributed by atoms with E-state index in [1.165, 1.54) is 12.1 Å². The first-order chi connectivity index (χ1) is 14.8. The predicted octanol–water partition coefficient (Wildman–Crippen LogP) is 7.35. The highest BCUT2D eigenvalue weighted by Crippen LogP contribution is 2.31. The highest BCUT2D eigenvalue weighted by molar-refractivity contribution is 5.70. The molecule has 31 heavy (non-hydrogen) atoms. The van der Waals surface area contributed by atoms with Crippen LogP contribution in [0.15, 0.2) is 42.5 Å². The molecule has 3 rings (SSSR count). The average Bonchev–Trinajstić information content (AvgIpc) is 2.74. The standard InChI is InChI=1S/C26H21F5/c1-3-5-6-17-12-21(27)25(22(28)13-17)20-10-9-16(11-19(20)4-2)7-8-18-14-23(29)26(31)24(30)15-18/h9-15H,3-6H2,1-2H3. The Morgan fingerprint density at radius 2 is 1.32 bits per heavy atom. The number of hydrogen-bond donors (Lipinski definition) is 0. The van der Waals surface area contributed by atoms with Gasteiger partial charge in [-0.25, -0.2) is 22.0 Å². The lowest BCUT2D eigenvalue weighted by Gasteiger charge is -2.12. The van der Waals surface area contributed by atoms with E-state index in [0.29, 0.717) is 35.1 Å². The van der Waals surface area contributed by atoms with Crippen LogP contribution in [-0.2, 0) is 12.8 Å². The van der Waals surface area contributed by atoms with Crippen molar-refractivity contribution in [3.8, 4) is 23.0 Å². The lowest BCUT2D eigenvalue weighted by Crippen LogP contribution is -1.98. The summed E-state index contributed by atoms with van der Waals surface area (Å²) >= 11 is 0.